The van der Waals surface area contributed by atoms with E-state index in [9.17, 15) is 8.42 Å². The molecule has 2 N–H and O–H groups in total. The van der Waals surface area contributed by atoms with Crippen LogP contribution < -0.4 is 5.73 Å². The molecule has 0 aromatic heterocycles. The first-order chi connectivity index (χ1) is 8.41. The van der Waals surface area contributed by atoms with Crippen LogP contribution in [0.2, 0.25) is 10.0 Å². The summed E-state index contributed by atoms with van der Waals surface area (Å²) in [5.41, 5.74) is 5.83. The SMILES string of the molecule is Nc1cc(S(=O)(=O)c2ccc(Cl)cc2)ccc1Cl. The van der Waals surface area contributed by atoms with Gasteiger partial charge in [0.1, 0.15) is 0 Å². The molecule has 0 spiro atoms. The first kappa shape index (κ1) is 13.2. The molecule has 0 amide bonds. The second kappa shape index (κ2) is 4.80. The molecular weight excluding hydrogens is 293 g/mol. The maximum Gasteiger partial charge on any atom is 0.206 e. The number of rotatable bonds is 2. The number of nitrogens with two attached hydrogens (primary N) is 1. The third kappa shape index (κ3) is 2.46. The molecule has 18 heavy (non-hydrogen) atoms. The van der Waals surface area contributed by atoms with E-state index in [0.29, 0.717) is 10.0 Å². The maximum absolute atomic E-state index is 12.3. The lowest BCUT2D eigenvalue weighted by Crippen LogP contribution is -2.02. The highest BCUT2D eigenvalue weighted by Gasteiger charge is 2.18. The van der Waals surface area contributed by atoms with Gasteiger partial charge in [0.15, 0.2) is 0 Å². The van der Waals surface area contributed by atoms with Crippen LogP contribution in [0.3, 0.4) is 0 Å². The summed E-state index contributed by atoms with van der Waals surface area (Å²) < 4.78 is 24.5. The molecule has 94 valence electrons. The van der Waals surface area contributed by atoms with Gasteiger partial charge in [-0.05, 0) is 42.5 Å². The van der Waals surface area contributed by atoms with E-state index in [0.717, 1.165) is 0 Å². The van der Waals surface area contributed by atoms with Crippen LogP contribution in [0.1, 0.15) is 0 Å². The van der Waals surface area contributed by atoms with Crippen molar-refractivity contribution < 1.29 is 8.42 Å². The van der Waals surface area contributed by atoms with E-state index in [1.807, 2.05) is 0 Å². The van der Waals surface area contributed by atoms with Crippen LogP contribution in [-0.2, 0) is 9.84 Å². The molecule has 0 saturated carbocycles. The van der Waals surface area contributed by atoms with Crippen molar-refractivity contribution >= 4 is 38.7 Å². The maximum atomic E-state index is 12.3. The minimum absolute atomic E-state index is 0.103. The predicted octanol–water partition coefficient (Wildman–Crippen LogP) is 3.41. The van der Waals surface area contributed by atoms with Crippen molar-refractivity contribution in [2.45, 2.75) is 9.79 Å². The highest BCUT2D eigenvalue weighted by atomic mass is 35.5. The molecule has 0 fully saturated rings. The molecule has 0 unspecified atom stereocenters. The van der Waals surface area contributed by atoms with E-state index in [1.165, 1.54) is 42.5 Å². The van der Waals surface area contributed by atoms with Crippen molar-refractivity contribution in [3.63, 3.8) is 0 Å². The minimum Gasteiger partial charge on any atom is -0.397 e. The van der Waals surface area contributed by atoms with E-state index in [-0.39, 0.29) is 15.5 Å². The van der Waals surface area contributed by atoms with E-state index >= 15 is 0 Å². The average molecular weight is 302 g/mol. The second-order valence-corrected chi connectivity index (χ2v) is 6.43. The van der Waals surface area contributed by atoms with Crippen LogP contribution in [0, 0.1) is 0 Å². The summed E-state index contributed by atoms with van der Waals surface area (Å²) in [4.78, 5) is 0.264. The molecule has 2 rings (SSSR count). The molecular formula is C12H9Cl2NO2S. The highest BCUT2D eigenvalue weighted by molar-refractivity contribution is 7.91. The fourth-order valence-electron chi connectivity index (χ4n) is 1.44. The molecule has 0 atom stereocenters. The summed E-state index contributed by atoms with van der Waals surface area (Å²) >= 11 is 11.5. The fraction of sp³-hybridized carbons (Fsp3) is 0. The first-order valence-corrected chi connectivity index (χ1v) is 7.21. The Bertz CT molecular complexity index is 682. The summed E-state index contributed by atoms with van der Waals surface area (Å²) in [6.07, 6.45) is 0. The van der Waals surface area contributed by atoms with E-state index in [1.54, 1.807) is 0 Å². The third-order valence-electron chi connectivity index (χ3n) is 2.40. The monoisotopic (exact) mass is 301 g/mol. The molecule has 0 saturated heterocycles. The molecule has 0 aliphatic heterocycles. The summed E-state index contributed by atoms with van der Waals surface area (Å²) in [7, 11) is -3.59. The van der Waals surface area contributed by atoms with Crippen molar-refractivity contribution in [2.24, 2.45) is 0 Å². The Hall–Kier alpha value is -1.23. The number of halogens is 2. The van der Waals surface area contributed by atoms with Gasteiger partial charge >= 0.3 is 0 Å². The molecule has 3 nitrogen and oxygen atoms in total. The van der Waals surface area contributed by atoms with Crippen LogP contribution >= 0.6 is 23.2 Å². The van der Waals surface area contributed by atoms with E-state index < -0.39 is 9.84 Å². The first-order valence-electron chi connectivity index (χ1n) is 4.97. The van der Waals surface area contributed by atoms with E-state index in [4.69, 9.17) is 28.9 Å². The largest absolute Gasteiger partial charge is 0.397 e. The van der Waals surface area contributed by atoms with E-state index in [2.05, 4.69) is 0 Å². The van der Waals surface area contributed by atoms with Crippen molar-refractivity contribution in [1.29, 1.82) is 0 Å². The van der Waals surface area contributed by atoms with Crippen molar-refractivity contribution in [3.8, 4) is 0 Å². The summed E-state index contributed by atoms with van der Waals surface area (Å²) in [5.74, 6) is 0. The number of hydrogen-bond donors (Lipinski definition) is 1. The highest BCUT2D eigenvalue weighted by Crippen LogP contribution is 2.27. The van der Waals surface area contributed by atoms with Gasteiger partial charge in [-0.2, -0.15) is 0 Å². The molecule has 2 aromatic carbocycles. The summed E-state index contributed by atoms with van der Waals surface area (Å²) in [5, 5.41) is 0.801. The Morgan fingerprint density at radius 3 is 2.00 bits per heavy atom. The summed E-state index contributed by atoms with van der Waals surface area (Å²) in [6, 6.07) is 10.2. The molecule has 0 heterocycles. The third-order valence-corrected chi connectivity index (χ3v) is 4.77. The minimum atomic E-state index is -3.59. The van der Waals surface area contributed by atoms with Crippen LogP contribution in [0.25, 0.3) is 0 Å². The topological polar surface area (TPSA) is 60.2 Å². The lowest BCUT2D eigenvalue weighted by Gasteiger charge is -2.06. The van der Waals surface area contributed by atoms with Crippen molar-refractivity contribution in [3.05, 3.63) is 52.5 Å². The van der Waals surface area contributed by atoms with Crippen molar-refractivity contribution in [1.82, 2.24) is 0 Å². The van der Waals surface area contributed by atoms with Gasteiger partial charge in [-0.1, -0.05) is 23.2 Å². The van der Waals surface area contributed by atoms with Gasteiger partial charge < -0.3 is 5.73 Å². The van der Waals surface area contributed by atoms with Crippen LogP contribution in [0.15, 0.2) is 52.3 Å². The zero-order valence-corrected chi connectivity index (χ0v) is 11.4. The molecule has 6 heteroatoms. The average Bonchev–Trinajstić information content (AvgIpc) is 2.33. The van der Waals surface area contributed by atoms with Crippen LogP contribution in [0.4, 0.5) is 5.69 Å². The number of nitrogen functional groups attached to an aromatic ring is 1. The number of sulfone groups is 1. The van der Waals surface area contributed by atoms with Gasteiger partial charge in [-0.15, -0.1) is 0 Å². The Morgan fingerprint density at radius 1 is 0.889 bits per heavy atom. The number of anilines is 1. The Labute approximate surface area is 115 Å². The standard InChI is InChI=1S/C12H9Cl2NO2S/c13-8-1-3-9(4-2-8)18(16,17)10-5-6-11(14)12(15)7-10/h1-7H,15H2. The quantitative estimate of drug-likeness (QED) is 0.865. The van der Waals surface area contributed by atoms with Gasteiger partial charge in [0.25, 0.3) is 0 Å². The van der Waals surface area contributed by atoms with Crippen molar-refractivity contribution in [2.75, 3.05) is 5.73 Å². The number of benzene rings is 2. The molecule has 0 radical (unpaired) electrons. The van der Waals surface area contributed by atoms with Gasteiger partial charge in [0.05, 0.1) is 20.5 Å². The predicted molar refractivity (Wildman–Crippen MR) is 72.8 cm³/mol. The van der Waals surface area contributed by atoms with Crippen LogP contribution in [-0.4, -0.2) is 8.42 Å². The molecule has 0 aliphatic rings. The fourth-order valence-corrected chi connectivity index (χ4v) is 2.98. The van der Waals surface area contributed by atoms with Crippen LogP contribution in [0.5, 0.6) is 0 Å². The Morgan fingerprint density at radius 2 is 1.44 bits per heavy atom. The van der Waals surface area contributed by atoms with Gasteiger partial charge in [0.2, 0.25) is 9.84 Å². The smallest absolute Gasteiger partial charge is 0.206 e. The normalized spacial score (nSPS) is 11.4. The molecule has 0 aliphatic carbocycles. The lowest BCUT2D eigenvalue weighted by molar-refractivity contribution is 0.596. The lowest BCUT2D eigenvalue weighted by atomic mass is 10.3. The van der Waals surface area contributed by atoms with Gasteiger partial charge in [-0.25, -0.2) is 8.42 Å². The van der Waals surface area contributed by atoms with Gasteiger partial charge in [-0.3, -0.25) is 0 Å². The molecule has 2 aromatic rings. The number of hydrogen-bond acceptors (Lipinski definition) is 3. The van der Waals surface area contributed by atoms with Gasteiger partial charge in [0, 0.05) is 5.02 Å². The Kier molecular flexibility index (Phi) is 3.52. The summed E-state index contributed by atoms with van der Waals surface area (Å²) in [6.45, 7) is 0. The zero-order valence-electron chi connectivity index (χ0n) is 9.10. The Balaban J connectivity index is 2.54. The molecule has 0 bridgehead atoms. The second-order valence-electron chi connectivity index (χ2n) is 3.64. The zero-order chi connectivity index (χ0) is 13.3.